The van der Waals surface area contributed by atoms with Gasteiger partial charge in [0, 0.05) is 6.42 Å². The van der Waals surface area contributed by atoms with Crippen LogP contribution in [0.4, 0.5) is 5.69 Å². The molecule has 0 heterocycles. The molecular formula is C19H28N2O2S. The lowest BCUT2D eigenvalue weighted by Crippen LogP contribution is -2.34. The van der Waals surface area contributed by atoms with Crippen molar-refractivity contribution >= 4 is 28.9 Å². The summed E-state index contributed by atoms with van der Waals surface area (Å²) < 4.78 is 5.67. The zero-order valence-electron chi connectivity index (χ0n) is 14.7. The van der Waals surface area contributed by atoms with Crippen LogP contribution in [0.25, 0.3) is 0 Å². The van der Waals surface area contributed by atoms with Gasteiger partial charge in [-0.2, -0.15) is 0 Å². The van der Waals surface area contributed by atoms with Gasteiger partial charge >= 0.3 is 0 Å². The van der Waals surface area contributed by atoms with E-state index in [4.69, 9.17) is 17.0 Å². The molecule has 0 aliphatic rings. The fraction of sp³-hybridized carbons (Fsp3) is 0.474. The van der Waals surface area contributed by atoms with E-state index in [-0.39, 0.29) is 5.91 Å². The Kier molecular flexibility index (Phi) is 9.77. The summed E-state index contributed by atoms with van der Waals surface area (Å²) in [6.45, 7) is 8.34. The number of carbonyl (C=O) groups is 1. The third-order valence-electron chi connectivity index (χ3n) is 3.37. The molecular weight excluding hydrogens is 320 g/mol. The molecule has 1 rings (SSSR count). The molecule has 0 radical (unpaired) electrons. The van der Waals surface area contributed by atoms with Gasteiger partial charge in [0.1, 0.15) is 12.4 Å². The molecule has 0 saturated carbocycles. The maximum Gasteiger partial charge on any atom is 0.226 e. The van der Waals surface area contributed by atoms with Crippen LogP contribution in [0.15, 0.2) is 36.4 Å². The van der Waals surface area contributed by atoms with E-state index in [0.717, 1.165) is 24.1 Å². The summed E-state index contributed by atoms with van der Waals surface area (Å²) in [5, 5.41) is 6.03. The maximum absolute atomic E-state index is 11.9. The summed E-state index contributed by atoms with van der Waals surface area (Å²) in [6, 6.07) is 7.48. The number of anilines is 1. The Labute approximate surface area is 150 Å². The number of thiocarbonyl (C=S) groups is 1. The third kappa shape index (κ3) is 8.67. The fourth-order valence-corrected chi connectivity index (χ4v) is 2.35. The molecule has 0 atom stereocenters. The summed E-state index contributed by atoms with van der Waals surface area (Å²) in [7, 11) is 0. The van der Waals surface area contributed by atoms with Gasteiger partial charge in [0.25, 0.3) is 0 Å². The minimum Gasteiger partial charge on any atom is -0.487 e. The summed E-state index contributed by atoms with van der Waals surface area (Å²) >= 11 is 5.21. The van der Waals surface area contributed by atoms with E-state index >= 15 is 0 Å². The van der Waals surface area contributed by atoms with Crippen LogP contribution in [0.5, 0.6) is 5.75 Å². The highest BCUT2D eigenvalue weighted by atomic mass is 32.1. The molecule has 0 spiro atoms. The first-order chi connectivity index (χ1) is 11.5. The van der Waals surface area contributed by atoms with Gasteiger partial charge < -0.3 is 15.4 Å². The molecule has 0 saturated heterocycles. The molecule has 2 N–H and O–H groups in total. The average Bonchev–Trinajstić information content (AvgIpc) is 2.53. The molecule has 0 aromatic heterocycles. The third-order valence-corrected chi connectivity index (χ3v) is 3.57. The standard InChI is InChI=1S/C19H28N2O2S/c1-4-5-6-7-8-13-18(22)21-19(24)20-16-11-9-10-12-17(16)23-14-15(2)3/h9-12H,2,4-8,13-14H2,1,3H3,(H2,20,21,22,24). The molecule has 0 aliphatic heterocycles. The van der Waals surface area contributed by atoms with E-state index in [1.165, 1.54) is 19.3 Å². The van der Waals surface area contributed by atoms with E-state index in [9.17, 15) is 4.79 Å². The van der Waals surface area contributed by atoms with Crippen molar-refractivity contribution in [2.24, 2.45) is 0 Å². The minimum atomic E-state index is -0.0515. The Hall–Kier alpha value is -1.88. The molecule has 1 aromatic carbocycles. The molecule has 4 nitrogen and oxygen atoms in total. The molecule has 0 bridgehead atoms. The predicted molar refractivity (Wildman–Crippen MR) is 104 cm³/mol. The van der Waals surface area contributed by atoms with E-state index in [1.54, 1.807) is 0 Å². The van der Waals surface area contributed by atoms with Crippen LogP contribution in [-0.4, -0.2) is 17.6 Å². The highest BCUT2D eigenvalue weighted by Gasteiger charge is 2.08. The van der Waals surface area contributed by atoms with Gasteiger partial charge in [-0.05, 0) is 43.3 Å². The number of para-hydroxylation sites is 2. The van der Waals surface area contributed by atoms with Crippen LogP contribution in [0, 0.1) is 0 Å². The summed E-state index contributed by atoms with van der Waals surface area (Å²) in [5.74, 6) is 0.626. The molecule has 1 amide bonds. The Morgan fingerprint density at radius 2 is 1.92 bits per heavy atom. The van der Waals surface area contributed by atoms with Crippen molar-refractivity contribution in [3.8, 4) is 5.75 Å². The van der Waals surface area contributed by atoms with Crippen LogP contribution < -0.4 is 15.4 Å². The quantitative estimate of drug-likeness (QED) is 0.362. The van der Waals surface area contributed by atoms with Gasteiger partial charge in [0.15, 0.2) is 5.11 Å². The van der Waals surface area contributed by atoms with Crippen LogP contribution in [0.1, 0.15) is 52.4 Å². The SMILES string of the molecule is C=C(C)COc1ccccc1NC(=S)NC(=O)CCCCCCC. The number of benzene rings is 1. The second kappa shape index (κ2) is 11.6. The van der Waals surface area contributed by atoms with E-state index < -0.39 is 0 Å². The van der Waals surface area contributed by atoms with Gasteiger partial charge in [0.2, 0.25) is 5.91 Å². The number of rotatable bonds is 10. The van der Waals surface area contributed by atoms with Gasteiger partial charge in [-0.3, -0.25) is 4.79 Å². The second-order valence-electron chi connectivity index (χ2n) is 5.91. The molecule has 0 unspecified atom stereocenters. The van der Waals surface area contributed by atoms with Gasteiger partial charge in [-0.15, -0.1) is 0 Å². The van der Waals surface area contributed by atoms with Crippen molar-refractivity contribution in [2.75, 3.05) is 11.9 Å². The lowest BCUT2D eigenvalue weighted by molar-refractivity contribution is -0.119. The lowest BCUT2D eigenvalue weighted by atomic mass is 10.1. The van der Waals surface area contributed by atoms with Gasteiger partial charge in [0.05, 0.1) is 5.69 Å². The number of hydrogen-bond acceptors (Lipinski definition) is 3. The highest BCUT2D eigenvalue weighted by Crippen LogP contribution is 2.24. The van der Waals surface area contributed by atoms with Crippen molar-refractivity contribution in [1.29, 1.82) is 0 Å². The van der Waals surface area contributed by atoms with Gasteiger partial charge in [-0.25, -0.2) is 0 Å². The maximum atomic E-state index is 11.9. The first-order valence-corrected chi connectivity index (χ1v) is 8.90. The summed E-state index contributed by atoms with van der Waals surface area (Å²) in [6.07, 6.45) is 6.08. The monoisotopic (exact) mass is 348 g/mol. The number of ether oxygens (including phenoxy) is 1. The van der Waals surface area contributed by atoms with Crippen molar-refractivity contribution in [3.05, 3.63) is 36.4 Å². The second-order valence-corrected chi connectivity index (χ2v) is 6.32. The first kappa shape index (κ1) is 20.2. The van der Waals surface area contributed by atoms with Crippen molar-refractivity contribution in [1.82, 2.24) is 5.32 Å². The number of hydrogen-bond donors (Lipinski definition) is 2. The molecule has 1 aromatic rings. The van der Waals surface area contributed by atoms with Crippen molar-refractivity contribution < 1.29 is 9.53 Å². The van der Waals surface area contributed by atoms with E-state index in [2.05, 4.69) is 24.1 Å². The average molecular weight is 349 g/mol. The zero-order valence-corrected chi connectivity index (χ0v) is 15.5. The van der Waals surface area contributed by atoms with Gasteiger partial charge in [-0.1, -0.05) is 51.3 Å². The molecule has 132 valence electrons. The minimum absolute atomic E-state index is 0.0515. The predicted octanol–water partition coefficient (Wildman–Crippen LogP) is 4.82. The highest BCUT2D eigenvalue weighted by molar-refractivity contribution is 7.80. The topological polar surface area (TPSA) is 50.4 Å². The van der Waals surface area contributed by atoms with E-state index in [1.807, 2.05) is 31.2 Å². The van der Waals surface area contributed by atoms with Crippen LogP contribution in [0.2, 0.25) is 0 Å². The van der Waals surface area contributed by atoms with Crippen LogP contribution in [-0.2, 0) is 4.79 Å². The van der Waals surface area contributed by atoms with Crippen molar-refractivity contribution in [2.45, 2.75) is 52.4 Å². The number of carbonyl (C=O) groups excluding carboxylic acids is 1. The normalized spacial score (nSPS) is 10.1. The number of nitrogens with one attached hydrogen (secondary N) is 2. The largest absolute Gasteiger partial charge is 0.487 e. The smallest absolute Gasteiger partial charge is 0.226 e. The summed E-state index contributed by atoms with van der Waals surface area (Å²) in [5.41, 5.74) is 1.66. The number of amides is 1. The van der Waals surface area contributed by atoms with Crippen molar-refractivity contribution in [3.63, 3.8) is 0 Å². The summed E-state index contributed by atoms with van der Waals surface area (Å²) in [4.78, 5) is 11.9. The molecule has 0 aliphatic carbocycles. The fourth-order valence-electron chi connectivity index (χ4n) is 2.13. The molecule has 0 fully saturated rings. The van der Waals surface area contributed by atoms with Crippen LogP contribution >= 0.6 is 12.2 Å². The lowest BCUT2D eigenvalue weighted by Gasteiger charge is -2.14. The van der Waals surface area contributed by atoms with Crippen LogP contribution in [0.3, 0.4) is 0 Å². The Morgan fingerprint density at radius 3 is 2.62 bits per heavy atom. The Bertz CT molecular complexity index is 558. The molecule has 24 heavy (non-hydrogen) atoms. The Balaban J connectivity index is 2.41. The first-order valence-electron chi connectivity index (χ1n) is 8.50. The Morgan fingerprint density at radius 1 is 1.21 bits per heavy atom. The van der Waals surface area contributed by atoms with E-state index in [0.29, 0.717) is 23.9 Å². The number of unbranched alkanes of at least 4 members (excludes halogenated alkanes) is 4. The molecule has 5 heteroatoms. The zero-order chi connectivity index (χ0) is 17.8.